The van der Waals surface area contributed by atoms with Crippen LogP contribution in [0.4, 0.5) is 0 Å². The summed E-state index contributed by atoms with van der Waals surface area (Å²) in [7, 11) is 1.56. The molecule has 1 aliphatic heterocycles. The lowest BCUT2D eigenvalue weighted by molar-refractivity contribution is -0.135. The van der Waals surface area contributed by atoms with E-state index in [9.17, 15) is 4.79 Å². The van der Waals surface area contributed by atoms with Crippen molar-refractivity contribution in [1.29, 1.82) is 0 Å². The standard InChI is InChI=1S/C13H22N4O2S.3ClH/c1-10-15-11(9-20-10)7-16-3-5-17(6-4-16)13(18)12(14)8-19-2;;;/h9,12H,3-8,14H2,1-2H3;3*1H. The van der Waals surface area contributed by atoms with Gasteiger partial charge in [0.2, 0.25) is 5.91 Å². The van der Waals surface area contributed by atoms with Crippen LogP contribution in [-0.2, 0) is 16.1 Å². The number of halogens is 3. The fourth-order valence-electron chi connectivity index (χ4n) is 2.32. The molecule has 2 rings (SSSR count). The number of aromatic nitrogens is 1. The Morgan fingerprint density at radius 1 is 1.35 bits per heavy atom. The van der Waals surface area contributed by atoms with E-state index in [2.05, 4.69) is 15.3 Å². The summed E-state index contributed by atoms with van der Waals surface area (Å²) in [6.07, 6.45) is 0. The summed E-state index contributed by atoms with van der Waals surface area (Å²) in [5.41, 5.74) is 6.90. The molecular formula is C13H25Cl3N4O2S. The van der Waals surface area contributed by atoms with Crippen molar-refractivity contribution >= 4 is 54.5 Å². The molecule has 1 amide bonds. The van der Waals surface area contributed by atoms with Crippen molar-refractivity contribution in [2.45, 2.75) is 19.5 Å². The van der Waals surface area contributed by atoms with Gasteiger partial charge in [-0.25, -0.2) is 4.98 Å². The van der Waals surface area contributed by atoms with Gasteiger partial charge in [-0.3, -0.25) is 9.69 Å². The number of ether oxygens (including phenoxy) is 1. The molecule has 0 aliphatic carbocycles. The fourth-order valence-corrected chi connectivity index (χ4v) is 2.93. The van der Waals surface area contributed by atoms with Gasteiger partial charge in [-0.15, -0.1) is 48.6 Å². The highest BCUT2D eigenvalue weighted by Crippen LogP contribution is 2.12. The van der Waals surface area contributed by atoms with Crippen LogP contribution in [0.25, 0.3) is 0 Å². The molecule has 1 aliphatic rings. The molecule has 0 radical (unpaired) electrons. The zero-order valence-corrected chi connectivity index (χ0v) is 16.5. The molecule has 0 bridgehead atoms. The number of carbonyl (C=O) groups excluding carboxylic acids is 1. The Labute approximate surface area is 160 Å². The topological polar surface area (TPSA) is 71.7 Å². The van der Waals surface area contributed by atoms with Crippen LogP contribution in [0.1, 0.15) is 10.7 Å². The lowest BCUT2D eigenvalue weighted by Crippen LogP contribution is -2.53. The number of rotatable bonds is 5. The average Bonchev–Trinajstić information content (AvgIpc) is 2.84. The average molecular weight is 408 g/mol. The first-order valence-electron chi connectivity index (χ1n) is 6.77. The van der Waals surface area contributed by atoms with Gasteiger partial charge in [0.25, 0.3) is 0 Å². The molecule has 1 atom stereocenters. The van der Waals surface area contributed by atoms with Crippen LogP contribution in [0.15, 0.2) is 5.38 Å². The molecule has 0 saturated carbocycles. The number of hydrogen-bond acceptors (Lipinski definition) is 6. The number of amides is 1. The highest BCUT2D eigenvalue weighted by atomic mass is 35.5. The summed E-state index contributed by atoms with van der Waals surface area (Å²) in [4.78, 5) is 20.7. The quantitative estimate of drug-likeness (QED) is 0.797. The van der Waals surface area contributed by atoms with E-state index in [0.717, 1.165) is 43.4 Å². The Kier molecular flexibility index (Phi) is 13.4. The summed E-state index contributed by atoms with van der Waals surface area (Å²) in [6.45, 7) is 6.32. The Hall–Kier alpha value is -0.150. The van der Waals surface area contributed by atoms with Crippen LogP contribution in [0.3, 0.4) is 0 Å². The third-order valence-electron chi connectivity index (χ3n) is 3.40. The van der Waals surface area contributed by atoms with E-state index in [1.54, 1.807) is 18.4 Å². The van der Waals surface area contributed by atoms with Gasteiger partial charge in [0.1, 0.15) is 6.04 Å². The summed E-state index contributed by atoms with van der Waals surface area (Å²) in [5.74, 6) is -0.0176. The Morgan fingerprint density at radius 2 is 1.96 bits per heavy atom. The van der Waals surface area contributed by atoms with Crippen molar-refractivity contribution in [3.63, 3.8) is 0 Å². The second kappa shape index (κ2) is 12.2. The van der Waals surface area contributed by atoms with Gasteiger partial charge >= 0.3 is 0 Å². The first-order valence-corrected chi connectivity index (χ1v) is 7.64. The molecule has 23 heavy (non-hydrogen) atoms. The third kappa shape index (κ3) is 7.51. The fraction of sp³-hybridized carbons (Fsp3) is 0.692. The minimum Gasteiger partial charge on any atom is -0.383 e. The van der Waals surface area contributed by atoms with Crippen LogP contribution in [-0.4, -0.2) is 66.6 Å². The molecule has 1 aromatic heterocycles. The molecule has 1 unspecified atom stereocenters. The second-order valence-electron chi connectivity index (χ2n) is 5.02. The molecule has 1 fully saturated rings. The van der Waals surface area contributed by atoms with E-state index in [0.29, 0.717) is 0 Å². The van der Waals surface area contributed by atoms with E-state index < -0.39 is 6.04 Å². The van der Waals surface area contributed by atoms with E-state index in [1.807, 2.05) is 11.8 Å². The number of nitrogens with zero attached hydrogens (tertiary/aromatic N) is 3. The molecule has 2 N–H and O–H groups in total. The number of nitrogens with two attached hydrogens (primary N) is 1. The van der Waals surface area contributed by atoms with Gasteiger partial charge in [0.15, 0.2) is 0 Å². The molecule has 0 spiro atoms. The SMILES string of the molecule is COCC(N)C(=O)N1CCN(Cc2csc(C)n2)CC1.Cl.Cl.Cl. The zero-order valence-electron chi connectivity index (χ0n) is 13.3. The number of hydrogen-bond donors (Lipinski definition) is 1. The number of piperazine rings is 1. The van der Waals surface area contributed by atoms with Crippen molar-refractivity contribution < 1.29 is 9.53 Å². The Balaban J connectivity index is 0. The summed E-state index contributed by atoms with van der Waals surface area (Å²) in [6, 6.07) is -0.548. The zero-order chi connectivity index (χ0) is 14.5. The molecule has 2 heterocycles. The van der Waals surface area contributed by atoms with Crippen molar-refractivity contribution in [1.82, 2.24) is 14.8 Å². The second-order valence-corrected chi connectivity index (χ2v) is 6.08. The summed E-state index contributed by atoms with van der Waals surface area (Å²) >= 11 is 1.68. The number of thiazole rings is 1. The van der Waals surface area contributed by atoms with Gasteiger partial charge < -0.3 is 15.4 Å². The van der Waals surface area contributed by atoms with E-state index in [-0.39, 0.29) is 49.7 Å². The lowest BCUT2D eigenvalue weighted by Gasteiger charge is -2.35. The molecule has 6 nitrogen and oxygen atoms in total. The highest BCUT2D eigenvalue weighted by Gasteiger charge is 2.25. The maximum atomic E-state index is 12.0. The van der Waals surface area contributed by atoms with E-state index >= 15 is 0 Å². The predicted molar refractivity (Wildman–Crippen MR) is 100 cm³/mol. The van der Waals surface area contributed by atoms with Gasteiger partial charge in [-0.2, -0.15) is 0 Å². The maximum absolute atomic E-state index is 12.0. The molecule has 1 aromatic rings. The first-order chi connectivity index (χ1) is 9.60. The van der Waals surface area contributed by atoms with Crippen molar-refractivity contribution in [3.8, 4) is 0 Å². The normalized spacial score (nSPS) is 15.9. The van der Waals surface area contributed by atoms with Crippen LogP contribution < -0.4 is 5.73 Å². The van der Waals surface area contributed by atoms with Crippen LogP contribution in [0.5, 0.6) is 0 Å². The summed E-state index contributed by atoms with van der Waals surface area (Å²) in [5, 5.41) is 3.20. The number of carbonyl (C=O) groups is 1. The van der Waals surface area contributed by atoms with E-state index in [4.69, 9.17) is 10.5 Å². The van der Waals surface area contributed by atoms with Crippen molar-refractivity contribution in [2.75, 3.05) is 39.9 Å². The highest BCUT2D eigenvalue weighted by molar-refractivity contribution is 7.09. The minimum atomic E-state index is -0.548. The lowest BCUT2D eigenvalue weighted by atomic mass is 10.2. The number of methoxy groups -OCH3 is 1. The molecule has 10 heteroatoms. The number of aryl methyl sites for hydroxylation is 1. The summed E-state index contributed by atoms with van der Waals surface area (Å²) < 4.78 is 4.93. The molecule has 136 valence electrons. The monoisotopic (exact) mass is 406 g/mol. The molecule has 1 saturated heterocycles. The van der Waals surface area contributed by atoms with Gasteiger partial charge in [-0.1, -0.05) is 0 Å². The Morgan fingerprint density at radius 3 is 2.43 bits per heavy atom. The van der Waals surface area contributed by atoms with Crippen LogP contribution in [0.2, 0.25) is 0 Å². The predicted octanol–water partition coefficient (Wildman–Crippen LogP) is 1.33. The third-order valence-corrected chi connectivity index (χ3v) is 4.22. The maximum Gasteiger partial charge on any atom is 0.241 e. The largest absolute Gasteiger partial charge is 0.383 e. The molecule has 0 aromatic carbocycles. The van der Waals surface area contributed by atoms with Gasteiger partial charge in [0.05, 0.1) is 17.3 Å². The van der Waals surface area contributed by atoms with Gasteiger partial charge in [-0.05, 0) is 6.92 Å². The molecular weight excluding hydrogens is 383 g/mol. The first kappa shape index (κ1) is 25.1. The Bertz CT molecular complexity index is 456. The van der Waals surface area contributed by atoms with Crippen LogP contribution in [0, 0.1) is 6.92 Å². The van der Waals surface area contributed by atoms with Gasteiger partial charge in [0, 0.05) is 45.2 Å². The van der Waals surface area contributed by atoms with E-state index in [1.165, 1.54) is 0 Å². The van der Waals surface area contributed by atoms with Crippen molar-refractivity contribution in [2.24, 2.45) is 5.73 Å². The minimum absolute atomic E-state index is 0. The van der Waals surface area contributed by atoms with Crippen LogP contribution >= 0.6 is 48.6 Å². The smallest absolute Gasteiger partial charge is 0.241 e. The van der Waals surface area contributed by atoms with Crippen molar-refractivity contribution in [3.05, 3.63) is 16.1 Å².